The van der Waals surface area contributed by atoms with Crippen molar-refractivity contribution in [1.29, 1.82) is 0 Å². The lowest BCUT2D eigenvalue weighted by Crippen LogP contribution is -2.14. The Morgan fingerprint density at radius 2 is 1.93 bits per heavy atom. The Balaban J connectivity index is 2.16. The van der Waals surface area contributed by atoms with Crippen LogP contribution in [-0.4, -0.2) is 23.8 Å². The predicted molar refractivity (Wildman–Crippen MR) is 107 cm³/mol. The standard InChI is InChI=1S/C19H20ClN3O5/c1-3-4-5-18(24)22-15-9-7-13(11-17(15)28-2)21-19(25)12-6-8-14(20)16(10-12)23(26)27/h6-11H,3-5H2,1-2H3,(H,21,25)(H,22,24). The summed E-state index contributed by atoms with van der Waals surface area (Å²) in [5.41, 5.74) is 0.638. The molecule has 2 N–H and O–H groups in total. The van der Waals surface area contributed by atoms with Crippen LogP contribution in [-0.2, 0) is 4.79 Å². The molecule has 2 rings (SSSR count). The van der Waals surface area contributed by atoms with Gasteiger partial charge in [0.25, 0.3) is 11.6 Å². The zero-order chi connectivity index (χ0) is 20.7. The molecule has 0 fully saturated rings. The minimum Gasteiger partial charge on any atom is -0.494 e. The van der Waals surface area contributed by atoms with Crippen LogP contribution in [0, 0.1) is 10.1 Å². The summed E-state index contributed by atoms with van der Waals surface area (Å²) in [6.45, 7) is 2.00. The maximum atomic E-state index is 12.4. The number of hydrogen-bond donors (Lipinski definition) is 2. The highest BCUT2D eigenvalue weighted by atomic mass is 35.5. The lowest BCUT2D eigenvalue weighted by molar-refractivity contribution is -0.384. The van der Waals surface area contributed by atoms with Gasteiger partial charge in [-0.1, -0.05) is 24.9 Å². The molecule has 0 aromatic heterocycles. The Morgan fingerprint density at radius 1 is 1.18 bits per heavy atom. The van der Waals surface area contributed by atoms with Crippen LogP contribution in [0.2, 0.25) is 5.02 Å². The van der Waals surface area contributed by atoms with Crippen LogP contribution in [0.1, 0.15) is 36.5 Å². The molecule has 0 heterocycles. The third-order valence-electron chi connectivity index (χ3n) is 3.90. The molecular weight excluding hydrogens is 386 g/mol. The Bertz CT molecular complexity index is 901. The van der Waals surface area contributed by atoms with E-state index in [0.717, 1.165) is 18.9 Å². The van der Waals surface area contributed by atoms with Crippen molar-refractivity contribution in [3.8, 4) is 5.75 Å². The smallest absolute Gasteiger partial charge is 0.288 e. The number of halogens is 1. The number of nitrogens with zero attached hydrogens (tertiary/aromatic N) is 1. The highest BCUT2D eigenvalue weighted by Gasteiger charge is 2.17. The molecule has 2 aromatic rings. The van der Waals surface area contributed by atoms with Gasteiger partial charge in [-0.3, -0.25) is 19.7 Å². The second-order valence-corrected chi connectivity index (χ2v) is 6.35. The van der Waals surface area contributed by atoms with Gasteiger partial charge in [-0.25, -0.2) is 0 Å². The molecule has 148 valence electrons. The third kappa shape index (κ3) is 5.43. The van der Waals surface area contributed by atoms with Crippen molar-refractivity contribution in [3.05, 3.63) is 57.1 Å². The molecule has 0 radical (unpaired) electrons. The van der Waals surface area contributed by atoms with Gasteiger partial charge in [0.15, 0.2) is 0 Å². The third-order valence-corrected chi connectivity index (χ3v) is 4.22. The van der Waals surface area contributed by atoms with E-state index in [4.69, 9.17) is 16.3 Å². The molecule has 0 saturated carbocycles. The molecule has 9 heteroatoms. The van der Waals surface area contributed by atoms with Crippen molar-refractivity contribution < 1.29 is 19.2 Å². The largest absolute Gasteiger partial charge is 0.494 e. The van der Waals surface area contributed by atoms with Crippen LogP contribution in [0.25, 0.3) is 0 Å². The first-order valence-corrected chi connectivity index (χ1v) is 8.96. The van der Waals surface area contributed by atoms with Crippen molar-refractivity contribution in [1.82, 2.24) is 0 Å². The Labute approximate surface area is 167 Å². The number of rotatable bonds is 8. The van der Waals surface area contributed by atoms with E-state index in [1.54, 1.807) is 18.2 Å². The summed E-state index contributed by atoms with van der Waals surface area (Å²) >= 11 is 5.76. The van der Waals surface area contributed by atoms with E-state index in [9.17, 15) is 19.7 Å². The van der Waals surface area contributed by atoms with Crippen molar-refractivity contribution >= 4 is 40.5 Å². The van der Waals surface area contributed by atoms with E-state index in [1.165, 1.54) is 19.2 Å². The van der Waals surface area contributed by atoms with Crippen LogP contribution in [0.5, 0.6) is 5.75 Å². The van der Waals surface area contributed by atoms with E-state index < -0.39 is 10.8 Å². The number of unbranched alkanes of at least 4 members (excludes halogenated alkanes) is 1. The quantitative estimate of drug-likeness (QED) is 0.491. The monoisotopic (exact) mass is 405 g/mol. The van der Waals surface area contributed by atoms with Gasteiger partial charge >= 0.3 is 0 Å². The summed E-state index contributed by atoms with van der Waals surface area (Å²) in [4.78, 5) is 34.6. The van der Waals surface area contributed by atoms with Crippen LogP contribution >= 0.6 is 11.6 Å². The first-order chi connectivity index (χ1) is 13.3. The lowest BCUT2D eigenvalue weighted by Gasteiger charge is -2.13. The number of methoxy groups -OCH3 is 1. The molecule has 0 saturated heterocycles. The number of benzene rings is 2. The average molecular weight is 406 g/mol. The molecule has 2 amide bonds. The first-order valence-electron chi connectivity index (χ1n) is 8.59. The minimum absolute atomic E-state index is 0.0496. The molecule has 0 bridgehead atoms. The summed E-state index contributed by atoms with van der Waals surface area (Å²) < 4.78 is 5.27. The van der Waals surface area contributed by atoms with Crippen LogP contribution < -0.4 is 15.4 Å². The number of ether oxygens (including phenoxy) is 1. The van der Waals surface area contributed by atoms with Crippen molar-refractivity contribution in [2.75, 3.05) is 17.7 Å². The summed E-state index contributed by atoms with van der Waals surface area (Å²) in [5.74, 6) is -0.281. The van der Waals surface area contributed by atoms with Crippen LogP contribution in [0.3, 0.4) is 0 Å². The van der Waals surface area contributed by atoms with Gasteiger partial charge in [0.05, 0.1) is 17.7 Å². The molecule has 0 atom stereocenters. The van der Waals surface area contributed by atoms with Gasteiger partial charge in [0.1, 0.15) is 10.8 Å². The number of carbonyl (C=O) groups excluding carboxylic acids is 2. The molecule has 0 unspecified atom stereocenters. The number of nitro groups is 1. The molecule has 28 heavy (non-hydrogen) atoms. The van der Waals surface area contributed by atoms with Crippen molar-refractivity contribution in [2.24, 2.45) is 0 Å². The Morgan fingerprint density at radius 3 is 2.57 bits per heavy atom. The van der Waals surface area contributed by atoms with E-state index in [-0.39, 0.29) is 22.2 Å². The second-order valence-electron chi connectivity index (χ2n) is 5.94. The van der Waals surface area contributed by atoms with E-state index >= 15 is 0 Å². The summed E-state index contributed by atoms with van der Waals surface area (Å²) in [6.07, 6.45) is 2.11. The van der Waals surface area contributed by atoms with Gasteiger partial charge in [0, 0.05) is 29.8 Å². The number of anilines is 2. The van der Waals surface area contributed by atoms with Crippen molar-refractivity contribution in [3.63, 3.8) is 0 Å². The molecule has 0 aliphatic heterocycles. The molecule has 2 aromatic carbocycles. The van der Waals surface area contributed by atoms with Crippen LogP contribution in [0.15, 0.2) is 36.4 Å². The highest BCUT2D eigenvalue weighted by Crippen LogP contribution is 2.29. The second kappa shape index (κ2) is 9.70. The molecule has 0 spiro atoms. The fourth-order valence-electron chi connectivity index (χ4n) is 2.42. The summed E-state index contributed by atoms with van der Waals surface area (Å²) in [6, 6.07) is 8.56. The molecule has 8 nitrogen and oxygen atoms in total. The fraction of sp³-hybridized carbons (Fsp3) is 0.263. The number of carbonyl (C=O) groups is 2. The molecular formula is C19H20ClN3O5. The highest BCUT2D eigenvalue weighted by molar-refractivity contribution is 6.32. The number of nitro benzene ring substituents is 1. The molecule has 0 aliphatic rings. The normalized spacial score (nSPS) is 10.2. The summed E-state index contributed by atoms with van der Waals surface area (Å²) in [5, 5.41) is 16.3. The Hall–Kier alpha value is -3.13. The number of amides is 2. The number of hydrogen-bond acceptors (Lipinski definition) is 5. The van der Waals surface area contributed by atoms with E-state index in [2.05, 4.69) is 10.6 Å². The lowest BCUT2D eigenvalue weighted by atomic mass is 10.1. The maximum Gasteiger partial charge on any atom is 0.288 e. The van der Waals surface area contributed by atoms with Gasteiger partial charge in [0.2, 0.25) is 5.91 Å². The first kappa shape index (κ1) is 21.2. The number of nitrogens with one attached hydrogen (secondary N) is 2. The minimum atomic E-state index is -0.655. The van der Waals surface area contributed by atoms with Gasteiger partial charge in [-0.2, -0.15) is 0 Å². The van der Waals surface area contributed by atoms with Crippen molar-refractivity contribution in [2.45, 2.75) is 26.2 Å². The topological polar surface area (TPSA) is 111 Å². The molecule has 0 aliphatic carbocycles. The van der Waals surface area contributed by atoms with Gasteiger partial charge in [-0.05, 0) is 30.7 Å². The van der Waals surface area contributed by atoms with Crippen LogP contribution in [0.4, 0.5) is 17.1 Å². The zero-order valence-corrected chi connectivity index (χ0v) is 16.2. The van der Waals surface area contributed by atoms with Gasteiger partial charge in [-0.15, -0.1) is 0 Å². The summed E-state index contributed by atoms with van der Waals surface area (Å²) in [7, 11) is 1.45. The van der Waals surface area contributed by atoms with E-state index in [0.29, 0.717) is 23.5 Å². The predicted octanol–water partition coefficient (Wildman–Crippen LogP) is 4.64. The fourth-order valence-corrected chi connectivity index (χ4v) is 2.61. The van der Waals surface area contributed by atoms with Gasteiger partial charge < -0.3 is 15.4 Å². The average Bonchev–Trinajstić information content (AvgIpc) is 2.67. The SMILES string of the molecule is CCCCC(=O)Nc1ccc(NC(=O)c2ccc(Cl)c([N+](=O)[O-])c2)cc1OC. The zero-order valence-electron chi connectivity index (χ0n) is 15.5. The maximum absolute atomic E-state index is 12.4. The Kier molecular flexibility index (Phi) is 7.34. The van der Waals surface area contributed by atoms with E-state index in [1.807, 2.05) is 6.92 Å².